The number of sulfonamides is 1. The van der Waals surface area contributed by atoms with Gasteiger partial charge in [0.1, 0.15) is 5.82 Å². The first-order valence-corrected chi connectivity index (χ1v) is 8.96. The van der Waals surface area contributed by atoms with Crippen LogP contribution < -0.4 is 10.0 Å². The van der Waals surface area contributed by atoms with Crippen molar-refractivity contribution in [3.8, 4) is 0 Å². The molecule has 7 heteroatoms. The van der Waals surface area contributed by atoms with E-state index in [2.05, 4.69) is 20.0 Å². The summed E-state index contributed by atoms with van der Waals surface area (Å²) >= 11 is 0. The molecule has 2 aromatic rings. The lowest BCUT2D eigenvalue weighted by molar-refractivity contribution is 0.549. The Bertz CT molecular complexity index is 748. The second-order valence-corrected chi connectivity index (χ2v) is 7.11. The summed E-state index contributed by atoms with van der Waals surface area (Å²) in [6.07, 6.45) is 1.81. The van der Waals surface area contributed by atoms with E-state index in [1.54, 1.807) is 30.3 Å². The number of benzene rings is 1. The molecule has 0 amide bonds. The summed E-state index contributed by atoms with van der Waals surface area (Å²) < 4.78 is 26.7. The standard InChI is InChI=1S/C16H22N4O2S/c1-12(16-11-18-14(3)20-13(16)2)17-9-10-19-23(21,22)15-7-5-4-6-8-15/h4-8,11-12,17,19H,9-10H2,1-3H3/t12-/m0/s1. The van der Waals surface area contributed by atoms with Crippen molar-refractivity contribution in [1.29, 1.82) is 0 Å². The minimum absolute atomic E-state index is 0.0526. The predicted molar refractivity (Wildman–Crippen MR) is 89.6 cm³/mol. The van der Waals surface area contributed by atoms with Crippen molar-refractivity contribution in [2.75, 3.05) is 13.1 Å². The number of nitrogens with zero attached hydrogens (tertiary/aromatic N) is 2. The number of aryl methyl sites for hydroxylation is 2. The van der Waals surface area contributed by atoms with Crippen molar-refractivity contribution in [3.63, 3.8) is 0 Å². The van der Waals surface area contributed by atoms with Gasteiger partial charge in [0.05, 0.1) is 4.90 Å². The maximum atomic E-state index is 12.1. The van der Waals surface area contributed by atoms with E-state index in [4.69, 9.17) is 0 Å². The second kappa shape index (κ2) is 7.63. The maximum absolute atomic E-state index is 12.1. The fraction of sp³-hybridized carbons (Fsp3) is 0.375. The molecule has 0 aliphatic rings. The molecule has 1 aromatic carbocycles. The summed E-state index contributed by atoms with van der Waals surface area (Å²) in [6, 6.07) is 8.40. The lowest BCUT2D eigenvalue weighted by Gasteiger charge is -2.16. The summed E-state index contributed by atoms with van der Waals surface area (Å²) in [7, 11) is -3.45. The molecule has 1 aromatic heterocycles. The van der Waals surface area contributed by atoms with Crippen molar-refractivity contribution in [2.24, 2.45) is 0 Å². The van der Waals surface area contributed by atoms with Crippen LogP contribution in [-0.4, -0.2) is 31.5 Å². The highest BCUT2D eigenvalue weighted by Crippen LogP contribution is 2.14. The quantitative estimate of drug-likeness (QED) is 0.753. The highest BCUT2D eigenvalue weighted by atomic mass is 32.2. The molecule has 1 atom stereocenters. The Balaban J connectivity index is 1.85. The molecule has 1 heterocycles. The van der Waals surface area contributed by atoms with E-state index in [9.17, 15) is 8.42 Å². The zero-order valence-electron chi connectivity index (χ0n) is 13.6. The first-order chi connectivity index (χ1) is 10.9. The molecule has 0 radical (unpaired) electrons. The van der Waals surface area contributed by atoms with Gasteiger partial charge in [-0.2, -0.15) is 0 Å². The number of aromatic nitrogens is 2. The van der Waals surface area contributed by atoms with Gasteiger partial charge in [-0.25, -0.2) is 23.1 Å². The van der Waals surface area contributed by atoms with Crippen LogP contribution in [0.15, 0.2) is 41.4 Å². The topological polar surface area (TPSA) is 84.0 Å². The van der Waals surface area contributed by atoms with Crippen LogP contribution in [-0.2, 0) is 10.0 Å². The molecule has 23 heavy (non-hydrogen) atoms. The van der Waals surface area contributed by atoms with E-state index >= 15 is 0 Å². The maximum Gasteiger partial charge on any atom is 0.240 e. The Morgan fingerprint density at radius 1 is 1.13 bits per heavy atom. The highest BCUT2D eigenvalue weighted by molar-refractivity contribution is 7.89. The smallest absolute Gasteiger partial charge is 0.240 e. The van der Waals surface area contributed by atoms with Crippen molar-refractivity contribution in [2.45, 2.75) is 31.7 Å². The second-order valence-electron chi connectivity index (χ2n) is 5.34. The van der Waals surface area contributed by atoms with E-state index in [1.165, 1.54) is 0 Å². The third kappa shape index (κ3) is 4.82. The average molecular weight is 334 g/mol. The molecule has 0 bridgehead atoms. The Morgan fingerprint density at radius 2 is 1.83 bits per heavy atom. The molecule has 2 rings (SSSR count). The van der Waals surface area contributed by atoms with Gasteiger partial charge in [-0.3, -0.25) is 0 Å². The largest absolute Gasteiger partial charge is 0.309 e. The minimum atomic E-state index is -3.45. The molecule has 6 nitrogen and oxygen atoms in total. The van der Waals surface area contributed by atoms with Crippen LogP contribution in [0.3, 0.4) is 0 Å². The monoisotopic (exact) mass is 334 g/mol. The molecule has 0 saturated carbocycles. The predicted octanol–water partition coefficient (Wildman–Crippen LogP) is 1.72. The number of nitrogens with one attached hydrogen (secondary N) is 2. The molecular weight excluding hydrogens is 312 g/mol. The normalized spacial score (nSPS) is 13.0. The Hall–Kier alpha value is -1.83. The molecule has 0 fully saturated rings. The number of rotatable bonds is 7. The molecular formula is C16H22N4O2S. The average Bonchev–Trinajstić information content (AvgIpc) is 2.52. The van der Waals surface area contributed by atoms with E-state index in [1.807, 2.05) is 27.0 Å². The van der Waals surface area contributed by atoms with Crippen LogP contribution in [0.5, 0.6) is 0 Å². The van der Waals surface area contributed by atoms with Gasteiger partial charge in [-0.1, -0.05) is 18.2 Å². The number of hydrogen-bond donors (Lipinski definition) is 2. The van der Waals surface area contributed by atoms with Crippen molar-refractivity contribution in [3.05, 3.63) is 53.6 Å². The molecule has 0 unspecified atom stereocenters. The SMILES string of the molecule is Cc1ncc([C@H](C)NCCNS(=O)(=O)c2ccccc2)c(C)n1. The van der Waals surface area contributed by atoms with E-state index in [0.29, 0.717) is 13.1 Å². The van der Waals surface area contributed by atoms with Crippen LogP contribution in [0.2, 0.25) is 0 Å². The summed E-state index contributed by atoms with van der Waals surface area (Å²) in [5.41, 5.74) is 1.95. The van der Waals surface area contributed by atoms with Crippen LogP contribution in [0.1, 0.15) is 30.0 Å². The van der Waals surface area contributed by atoms with Gasteiger partial charge >= 0.3 is 0 Å². The minimum Gasteiger partial charge on any atom is -0.309 e. The van der Waals surface area contributed by atoms with E-state index < -0.39 is 10.0 Å². The summed E-state index contributed by atoms with van der Waals surface area (Å²) in [6.45, 7) is 6.63. The lowest BCUT2D eigenvalue weighted by atomic mass is 10.1. The highest BCUT2D eigenvalue weighted by Gasteiger charge is 2.13. The first kappa shape index (κ1) is 17.5. The van der Waals surface area contributed by atoms with Gasteiger partial charge < -0.3 is 5.32 Å². The third-order valence-corrected chi connectivity index (χ3v) is 5.00. The Labute approximate surface area is 137 Å². The Morgan fingerprint density at radius 3 is 2.48 bits per heavy atom. The van der Waals surface area contributed by atoms with Gasteiger partial charge in [0.2, 0.25) is 10.0 Å². The third-order valence-electron chi connectivity index (χ3n) is 3.53. The van der Waals surface area contributed by atoms with Gasteiger partial charge in [0, 0.05) is 36.6 Å². The molecule has 0 saturated heterocycles. The lowest BCUT2D eigenvalue weighted by Crippen LogP contribution is -2.33. The van der Waals surface area contributed by atoms with Crippen LogP contribution in [0.25, 0.3) is 0 Å². The zero-order chi connectivity index (χ0) is 16.9. The summed E-state index contributed by atoms with van der Waals surface area (Å²) in [4.78, 5) is 8.82. The van der Waals surface area contributed by atoms with Crippen molar-refractivity contribution < 1.29 is 8.42 Å². The van der Waals surface area contributed by atoms with Crippen LogP contribution in [0, 0.1) is 13.8 Å². The van der Waals surface area contributed by atoms with E-state index in [-0.39, 0.29) is 10.9 Å². The summed E-state index contributed by atoms with van der Waals surface area (Å²) in [5.74, 6) is 0.745. The zero-order valence-corrected chi connectivity index (χ0v) is 14.4. The van der Waals surface area contributed by atoms with Crippen molar-refractivity contribution in [1.82, 2.24) is 20.0 Å². The molecule has 0 aliphatic carbocycles. The first-order valence-electron chi connectivity index (χ1n) is 7.48. The van der Waals surface area contributed by atoms with Gasteiger partial charge in [-0.15, -0.1) is 0 Å². The van der Waals surface area contributed by atoms with Gasteiger partial charge in [0.25, 0.3) is 0 Å². The van der Waals surface area contributed by atoms with E-state index in [0.717, 1.165) is 17.1 Å². The van der Waals surface area contributed by atoms with Gasteiger partial charge in [0.15, 0.2) is 0 Å². The summed E-state index contributed by atoms with van der Waals surface area (Å²) in [5, 5.41) is 3.28. The fourth-order valence-electron chi connectivity index (χ4n) is 2.28. The molecule has 2 N–H and O–H groups in total. The molecule has 0 spiro atoms. The van der Waals surface area contributed by atoms with Gasteiger partial charge in [-0.05, 0) is 32.9 Å². The number of hydrogen-bond acceptors (Lipinski definition) is 5. The van der Waals surface area contributed by atoms with Crippen LogP contribution >= 0.6 is 0 Å². The van der Waals surface area contributed by atoms with Crippen LogP contribution in [0.4, 0.5) is 0 Å². The molecule has 0 aliphatic heterocycles. The molecule has 124 valence electrons. The van der Waals surface area contributed by atoms with Crippen molar-refractivity contribution >= 4 is 10.0 Å². The fourth-order valence-corrected chi connectivity index (χ4v) is 3.34. The Kier molecular flexibility index (Phi) is 5.81.